The van der Waals surface area contributed by atoms with E-state index in [1.807, 2.05) is 6.07 Å². The van der Waals surface area contributed by atoms with Crippen molar-refractivity contribution in [3.63, 3.8) is 0 Å². The molecule has 3 fully saturated rings. The molecule has 6 rings (SSSR count). The van der Waals surface area contributed by atoms with E-state index in [-0.39, 0.29) is 18.7 Å². The topological polar surface area (TPSA) is 162 Å². The summed E-state index contributed by atoms with van der Waals surface area (Å²) in [5.41, 5.74) is 7.08. The molecule has 4 aliphatic rings. The highest BCUT2D eigenvalue weighted by Gasteiger charge is 2.44. The third-order valence-electron chi connectivity index (χ3n) is 8.83. The predicted molar refractivity (Wildman–Crippen MR) is 152 cm³/mol. The van der Waals surface area contributed by atoms with E-state index in [0.29, 0.717) is 28.6 Å². The van der Waals surface area contributed by atoms with Crippen molar-refractivity contribution in [1.29, 1.82) is 0 Å². The SMILES string of the molecule is NC(=O)c1cnc(N2CCC(CCN3CCN(c4ccc5c(c4)C(=O)N(C4CCC(=O)NC4=O)C5=O)CC3)CC2)nc1. The monoisotopic (exact) mass is 574 g/mol. The quantitative estimate of drug-likeness (QED) is 0.443. The number of hydrogen-bond acceptors (Lipinski definition) is 10. The van der Waals surface area contributed by atoms with Gasteiger partial charge >= 0.3 is 0 Å². The number of benzene rings is 1. The van der Waals surface area contributed by atoms with Crippen molar-refractivity contribution >= 4 is 41.2 Å². The van der Waals surface area contributed by atoms with E-state index >= 15 is 0 Å². The number of carbonyl (C=O) groups is 5. The number of rotatable bonds is 7. The minimum atomic E-state index is -0.961. The molecule has 13 heteroatoms. The van der Waals surface area contributed by atoms with Crippen LogP contribution in [0.4, 0.5) is 11.6 Å². The van der Waals surface area contributed by atoms with E-state index in [1.54, 1.807) is 12.1 Å². The highest BCUT2D eigenvalue weighted by molar-refractivity contribution is 6.23. The molecule has 42 heavy (non-hydrogen) atoms. The molecule has 0 aliphatic carbocycles. The van der Waals surface area contributed by atoms with Crippen molar-refractivity contribution in [1.82, 2.24) is 25.1 Å². The number of hydrogen-bond donors (Lipinski definition) is 2. The molecule has 1 aromatic carbocycles. The van der Waals surface area contributed by atoms with Gasteiger partial charge in [0, 0.05) is 63.8 Å². The molecule has 3 saturated heterocycles. The molecule has 0 radical (unpaired) electrons. The summed E-state index contributed by atoms with van der Waals surface area (Å²) in [6.45, 7) is 6.24. The summed E-state index contributed by atoms with van der Waals surface area (Å²) in [6.07, 6.45) is 6.46. The molecule has 5 heterocycles. The molecule has 0 bridgehead atoms. The molecule has 0 saturated carbocycles. The van der Waals surface area contributed by atoms with Crippen molar-refractivity contribution in [2.45, 2.75) is 38.1 Å². The van der Waals surface area contributed by atoms with E-state index < -0.39 is 29.7 Å². The van der Waals surface area contributed by atoms with Gasteiger partial charge in [0.05, 0.1) is 16.7 Å². The van der Waals surface area contributed by atoms with Crippen molar-refractivity contribution in [2.75, 3.05) is 55.6 Å². The van der Waals surface area contributed by atoms with Gasteiger partial charge in [-0.05, 0) is 56.3 Å². The first kappa shape index (κ1) is 27.8. The predicted octanol–water partition coefficient (Wildman–Crippen LogP) is 0.405. The highest BCUT2D eigenvalue weighted by atomic mass is 16.2. The molecule has 1 atom stereocenters. The first-order valence-electron chi connectivity index (χ1n) is 14.5. The zero-order chi connectivity index (χ0) is 29.4. The molecule has 5 amide bonds. The lowest BCUT2D eigenvalue weighted by Crippen LogP contribution is -2.54. The van der Waals surface area contributed by atoms with Crippen LogP contribution in [-0.4, -0.2) is 101 Å². The number of imide groups is 2. The van der Waals surface area contributed by atoms with Crippen LogP contribution in [0.15, 0.2) is 30.6 Å². The van der Waals surface area contributed by atoms with Crippen LogP contribution < -0.4 is 20.9 Å². The van der Waals surface area contributed by atoms with Crippen LogP contribution in [-0.2, 0) is 9.59 Å². The van der Waals surface area contributed by atoms with Gasteiger partial charge in [-0.2, -0.15) is 0 Å². The van der Waals surface area contributed by atoms with Gasteiger partial charge < -0.3 is 15.5 Å². The van der Waals surface area contributed by atoms with Gasteiger partial charge in [0.2, 0.25) is 17.8 Å². The lowest BCUT2D eigenvalue weighted by molar-refractivity contribution is -0.136. The zero-order valence-electron chi connectivity index (χ0n) is 23.3. The minimum Gasteiger partial charge on any atom is -0.369 e. The molecule has 3 N–H and O–H groups in total. The fraction of sp³-hybridized carbons (Fsp3) is 0.483. The summed E-state index contributed by atoms with van der Waals surface area (Å²) in [5.74, 6) is -1.22. The number of piperazine rings is 1. The van der Waals surface area contributed by atoms with Crippen LogP contribution in [0.2, 0.25) is 0 Å². The number of piperidine rings is 2. The fourth-order valence-corrected chi connectivity index (χ4v) is 6.28. The van der Waals surface area contributed by atoms with Gasteiger partial charge in [-0.25, -0.2) is 9.97 Å². The molecule has 1 aromatic heterocycles. The number of nitrogens with one attached hydrogen (secondary N) is 1. The van der Waals surface area contributed by atoms with Gasteiger partial charge in [0.1, 0.15) is 6.04 Å². The van der Waals surface area contributed by atoms with Crippen molar-refractivity contribution in [3.8, 4) is 0 Å². The maximum Gasteiger partial charge on any atom is 0.262 e. The second kappa shape index (κ2) is 11.5. The molecule has 220 valence electrons. The Balaban J connectivity index is 0.977. The number of carbonyl (C=O) groups excluding carboxylic acids is 5. The van der Waals surface area contributed by atoms with E-state index in [2.05, 4.69) is 30.0 Å². The van der Waals surface area contributed by atoms with Crippen LogP contribution in [0, 0.1) is 5.92 Å². The highest BCUT2D eigenvalue weighted by Crippen LogP contribution is 2.31. The third-order valence-corrected chi connectivity index (χ3v) is 8.83. The van der Waals surface area contributed by atoms with Gasteiger partial charge in [-0.3, -0.25) is 39.1 Å². The number of nitrogens with zero attached hydrogens (tertiary/aromatic N) is 6. The standard InChI is InChI=1S/C29H34N8O5/c30-25(39)19-16-31-29(32-17-19)36-9-6-18(7-10-36)5-8-34-11-13-35(14-12-34)20-1-2-21-22(15-20)28(42)37(27(21)41)23-3-4-24(38)33-26(23)40/h1-2,15-18,23H,3-14H2,(H2,30,39)(H,33,38,40). The van der Waals surface area contributed by atoms with E-state index in [1.165, 1.54) is 12.4 Å². The number of nitrogens with two attached hydrogens (primary N) is 1. The van der Waals surface area contributed by atoms with E-state index in [0.717, 1.165) is 75.7 Å². The summed E-state index contributed by atoms with van der Waals surface area (Å²) in [5, 5.41) is 2.23. The molecule has 2 aromatic rings. The Kier molecular flexibility index (Phi) is 7.58. The Morgan fingerprint density at radius 2 is 1.57 bits per heavy atom. The number of anilines is 2. The third kappa shape index (κ3) is 5.43. The average molecular weight is 575 g/mol. The number of amides is 5. The second-order valence-electron chi connectivity index (χ2n) is 11.4. The fourth-order valence-electron chi connectivity index (χ4n) is 6.28. The molecule has 0 spiro atoms. The molecule has 1 unspecified atom stereocenters. The first-order chi connectivity index (χ1) is 20.3. The van der Waals surface area contributed by atoms with Crippen LogP contribution in [0.1, 0.15) is 63.2 Å². The Hall–Kier alpha value is -4.39. The van der Waals surface area contributed by atoms with Crippen LogP contribution >= 0.6 is 0 Å². The smallest absolute Gasteiger partial charge is 0.262 e. The second-order valence-corrected chi connectivity index (χ2v) is 11.4. The van der Waals surface area contributed by atoms with Crippen molar-refractivity contribution in [2.24, 2.45) is 11.7 Å². The first-order valence-corrected chi connectivity index (χ1v) is 14.5. The Morgan fingerprint density at radius 3 is 2.24 bits per heavy atom. The Morgan fingerprint density at radius 1 is 0.881 bits per heavy atom. The summed E-state index contributed by atoms with van der Waals surface area (Å²) < 4.78 is 0. The van der Waals surface area contributed by atoms with Crippen LogP contribution in [0.3, 0.4) is 0 Å². The Bertz CT molecular complexity index is 1410. The summed E-state index contributed by atoms with van der Waals surface area (Å²) in [6, 6.07) is 4.34. The van der Waals surface area contributed by atoms with Gasteiger partial charge in [0.25, 0.3) is 17.7 Å². The van der Waals surface area contributed by atoms with Gasteiger partial charge in [-0.15, -0.1) is 0 Å². The summed E-state index contributed by atoms with van der Waals surface area (Å²) in [7, 11) is 0. The van der Waals surface area contributed by atoms with Crippen molar-refractivity contribution < 1.29 is 24.0 Å². The molecular formula is C29H34N8O5. The maximum absolute atomic E-state index is 13.2. The maximum atomic E-state index is 13.2. The number of primary amides is 1. The van der Waals surface area contributed by atoms with Crippen LogP contribution in [0.25, 0.3) is 0 Å². The summed E-state index contributed by atoms with van der Waals surface area (Å²) in [4.78, 5) is 77.7. The Labute approximate surface area is 243 Å². The largest absolute Gasteiger partial charge is 0.369 e. The normalized spacial score (nSPS) is 22.0. The lowest BCUT2D eigenvalue weighted by Gasteiger charge is -2.37. The van der Waals surface area contributed by atoms with E-state index in [4.69, 9.17) is 5.73 Å². The van der Waals surface area contributed by atoms with Crippen LogP contribution in [0.5, 0.6) is 0 Å². The minimum absolute atomic E-state index is 0.0988. The molecule has 13 nitrogen and oxygen atoms in total. The number of aromatic nitrogens is 2. The van der Waals surface area contributed by atoms with Gasteiger partial charge in [-0.1, -0.05) is 0 Å². The van der Waals surface area contributed by atoms with Gasteiger partial charge in [0.15, 0.2) is 0 Å². The molecular weight excluding hydrogens is 540 g/mol. The average Bonchev–Trinajstić information content (AvgIpc) is 3.25. The molecule has 4 aliphatic heterocycles. The number of fused-ring (bicyclic) bond motifs is 1. The summed E-state index contributed by atoms with van der Waals surface area (Å²) >= 11 is 0. The van der Waals surface area contributed by atoms with E-state index in [9.17, 15) is 24.0 Å². The lowest BCUT2D eigenvalue weighted by atomic mass is 9.93. The zero-order valence-corrected chi connectivity index (χ0v) is 23.3. The van der Waals surface area contributed by atoms with Crippen molar-refractivity contribution in [3.05, 3.63) is 47.3 Å².